The second kappa shape index (κ2) is 9.15. The van der Waals surface area contributed by atoms with Crippen LogP contribution < -0.4 is 0 Å². The Morgan fingerprint density at radius 2 is 1.56 bits per heavy atom. The molecule has 2 aromatic carbocycles. The lowest BCUT2D eigenvalue weighted by atomic mass is 9.98. The number of hydrogen-bond donors (Lipinski definition) is 1. The van der Waals surface area contributed by atoms with E-state index in [-0.39, 0.29) is 31.5 Å². The lowest BCUT2D eigenvalue weighted by Crippen LogP contribution is -2.66. The summed E-state index contributed by atoms with van der Waals surface area (Å²) in [5.41, 5.74) is 3.80. The zero-order chi connectivity index (χ0) is 25.6. The molecule has 2 fully saturated rings. The number of benzene rings is 2. The first-order valence-corrected chi connectivity index (χ1v) is 12.5. The Morgan fingerprint density at radius 3 is 2.06 bits per heavy atom. The molecule has 1 saturated heterocycles. The average molecular weight is 493 g/mol. The first-order valence-electron chi connectivity index (χ1n) is 12.5. The van der Waals surface area contributed by atoms with Crippen LogP contribution in [-0.2, 0) is 14.3 Å². The molecular formula is C28H32N2O6. The fraction of sp³-hybridized carbons (Fsp3) is 0.464. The van der Waals surface area contributed by atoms with E-state index in [9.17, 15) is 19.5 Å². The van der Waals surface area contributed by atoms with Crippen LogP contribution in [0.4, 0.5) is 9.59 Å². The molecule has 0 radical (unpaired) electrons. The van der Waals surface area contributed by atoms with Gasteiger partial charge in [-0.05, 0) is 61.8 Å². The molecule has 36 heavy (non-hydrogen) atoms. The first kappa shape index (κ1) is 24.2. The number of carbonyl (C=O) groups excluding carboxylic acids is 2. The number of carboxylic acid groups (broad SMARTS) is 1. The van der Waals surface area contributed by atoms with E-state index >= 15 is 0 Å². The van der Waals surface area contributed by atoms with E-state index in [1.807, 2.05) is 36.4 Å². The quantitative estimate of drug-likeness (QED) is 0.627. The fourth-order valence-corrected chi connectivity index (χ4v) is 5.22. The Morgan fingerprint density at radius 1 is 1.00 bits per heavy atom. The predicted molar refractivity (Wildman–Crippen MR) is 133 cm³/mol. The number of hydrogen-bond acceptors (Lipinski definition) is 5. The summed E-state index contributed by atoms with van der Waals surface area (Å²) in [5.74, 6) is -1.26. The third-order valence-electron chi connectivity index (χ3n) is 7.08. The summed E-state index contributed by atoms with van der Waals surface area (Å²) in [4.78, 5) is 40.9. The highest BCUT2D eigenvalue weighted by atomic mass is 16.6. The number of ether oxygens (including phenoxy) is 2. The minimum Gasteiger partial charge on any atom is -0.480 e. The normalized spacial score (nSPS) is 18.0. The van der Waals surface area contributed by atoms with Crippen molar-refractivity contribution >= 4 is 18.2 Å². The van der Waals surface area contributed by atoms with Gasteiger partial charge in [0.05, 0.1) is 6.04 Å². The molecular weight excluding hydrogens is 460 g/mol. The zero-order valence-corrected chi connectivity index (χ0v) is 20.8. The molecule has 2 aliphatic carbocycles. The summed E-state index contributed by atoms with van der Waals surface area (Å²) >= 11 is 0. The third kappa shape index (κ3) is 4.64. The van der Waals surface area contributed by atoms with Crippen LogP contribution in [0.1, 0.15) is 50.7 Å². The molecule has 0 aromatic heterocycles. The maximum absolute atomic E-state index is 13.4. The molecule has 2 amide bonds. The highest BCUT2D eigenvalue weighted by molar-refractivity contribution is 5.82. The fourth-order valence-electron chi connectivity index (χ4n) is 5.22. The van der Waals surface area contributed by atoms with Gasteiger partial charge in [-0.1, -0.05) is 48.5 Å². The van der Waals surface area contributed by atoms with Gasteiger partial charge in [0.25, 0.3) is 0 Å². The molecule has 2 aromatic rings. The smallest absolute Gasteiger partial charge is 0.410 e. The Labute approximate surface area is 210 Å². The molecule has 1 atom stereocenters. The molecule has 5 rings (SSSR count). The van der Waals surface area contributed by atoms with Gasteiger partial charge in [0.15, 0.2) is 0 Å². The maximum Gasteiger partial charge on any atom is 0.410 e. The van der Waals surface area contributed by atoms with Crippen LogP contribution >= 0.6 is 0 Å². The number of carboxylic acids is 1. The lowest BCUT2D eigenvalue weighted by molar-refractivity contribution is -0.145. The Hall–Kier alpha value is -3.55. The van der Waals surface area contributed by atoms with Gasteiger partial charge in [-0.15, -0.1) is 0 Å². The monoisotopic (exact) mass is 492 g/mol. The number of aliphatic carboxylic acids is 1. The van der Waals surface area contributed by atoms with Crippen molar-refractivity contribution in [3.8, 4) is 11.1 Å². The third-order valence-corrected chi connectivity index (χ3v) is 7.08. The van der Waals surface area contributed by atoms with Crippen LogP contribution in [0.5, 0.6) is 0 Å². The summed E-state index contributed by atoms with van der Waals surface area (Å²) in [6, 6.07) is 14.7. The maximum atomic E-state index is 13.4. The standard InChI is InChI=1S/C28H32N2O6/c1-28(2,3)36-26(33)29-14-18(15-29)30(24(25(31)32)17-12-13-17)27(34)35-16-23-21-10-6-4-8-19(21)20-9-5-7-11-22(20)23/h4-11,17-18,23-24H,12-16H2,1-3H3,(H,31,32). The minimum atomic E-state index is -1.04. The average Bonchev–Trinajstić information content (AvgIpc) is 3.56. The number of carbonyl (C=O) groups is 3. The van der Waals surface area contributed by atoms with Crippen molar-refractivity contribution in [2.45, 2.75) is 57.2 Å². The Bertz CT molecular complexity index is 1130. The van der Waals surface area contributed by atoms with E-state index in [0.717, 1.165) is 35.1 Å². The number of amides is 2. The van der Waals surface area contributed by atoms with Crippen LogP contribution in [0, 0.1) is 5.92 Å². The SMILES string of the molecule is CC(C)(C)OC(=O)N1CC(N(C(=O)OCC2c3ccccc3-c3ccccc32)C(C(=O)O)C2CC2)C1. The zero-order valence-electron chi connectivity index (χ0n) is 20.8. The van der Waals surface area contributed by atoms with E-state index in [0.29, 0.717) is 0 Å². The summed E-state index contributed by atoms with van der Waals surface area (Å²) < 4.78 is 11.2. The Balaban J connectivity index is 1.32. The van der Waals surface area contributed by atoms with Crippen LogP contribution in [-0.4, -0.2) is 70.4 Å². The van der Waals surface area contributed by atoms with Crippen LogP contribution in [0.15, 0.2) is 48.5 Å². The van der Waals surface area contributed by atoms with Gasteiger partial charge in [0.1, 0.15) is 18.2 Å². The highest BCUT2D eigenvalue weighted by Crippen LogP contribution is 2.45. The van der Waals surface area contributed by atoms with Gasteiger partial charge in [0, 0.05) is 19.0 Å². The van der Waals surface area contributed by atoms with E-state index < -0.39 is 35.8 Å². The molecule has 1 saturated carbocycles. The minimum absolute atomic E-state index is 0.0986. The summed E-state index contributed by atoms with van der Waals surface area (Å²) in [6.07, 6.45) is 0.397. The molecule has 1 N–H and O–H groups in total. The van der Waals surface area contributed by atoms with Crippen molar-refractivity contribution < 1.29 is 29.0 Å². The van der Waals surface area contributed by atoms with E-state index in [2.05, 4.69) is 12.1 Å². The largest absolute Gasteiger partial charge is 0.480 e. The van der Waals surface area contributed by atoms with Gasteiger partial charge in [-0.25, -0.2) is 14.4 Å². The van der Waals surface area contributed by atoms with Crippen molar-refractivity contribution in [2.75, 3.05) is 19.7 Å². The predicted octanol–water partition coefficient (Wildman–Crippen LogP) is 4.72. The van der Waals surface area contributed by atoms with Crippen LogP contribution in [0.2, 0.25) is 0 Å². The van der Waals surface area contributed by atoms with Gasteiger partial charge in [-0.3, -0.25) is 4.90 Å². The summed E-state index contributed by atoms with van der Waals surface area (Å²) in [7, 11) is 0. The van der Waals surface area contributed by atoms with Gasteiger partial charge >= 0.3 is 18.2 Å². The Kier molecular flexibility index (Phi) is 6.14. The van der Waals surface area contributed by atoms with Crippen molar-refractivity contribution in [1.82, 2.24) is 9.80 Å². The second-order valence-corrected chi connectivity index (χ2v) is 10.9. The highest BCUT2D eigenvalue weighted by Gasteiger charge is 2.50. The van der Waals surface area contributed by atoms with E-state index in [1.54, 1.807) is 20.8 Å². The molecule has 3 aliphatic rings. The van der Waals surface area contributed by atoms with E-state index in [4.69, 9.17) is 9.47 Å². The molecule has 0 bridgehead atoms. The van der Waals surface area contributed by atoms with Crippen LogP contribution in [0.25, 0.3) is 11.1 Å². The second-order valence-electron chi connectivity index (χ2n) is 10.9. The number of nitrogens with zero attached hydrogens (tertiary/aromatic N) is 2. The molecule has 0 spiro atoms. The molecule has 8 nitrogen and oxygen atoms in total. The number of likely N-dealkylation sites (tertiary alicyclic amines) is 1. The van der Waals surface area contributed by atoms with Gasteiger partial charge in [0.2, 0.25) is 0 Å². The van der Waals surface area contributed by atoms with Crippen molar-refractivity contribution in [3.05, 3.63) is 59.7 Å². The number of fused-ring (bicyclic) bond motifs is 3. The topological polar surface area (TPSA) is 96.4 Å². The van der Waals surface area contributed by atoms with Crippen molar-refractivity contribution in [3.63, 3.8) is 0 Å². The number of rotatable bonds is 6. The summed E-state index contributed by atoms with van der Waals surface area (Å²) in [6.45, 7) is 5.92. The molecule has 1 aliphatic heterocycles. The van der Waals surface area contributed by atoms with Crippen molar-refractivity contribution in [2.24, 2.45) is 5.92 Å². The summed E-state index contributed by atoms with van der Waals surface area (Å²) in [5, 5.41) is 9.98. The molecule has 1 unspecified atom stereocenters. The molecule has 8 heteroatoms. The lowest BCUT2D eigenvalue weighted by Gasteiger charge is -2.46. The molecule has 190 valence electrons. The van der Waals surface area contributed by atoms with Gasteiger partial charge < -0.3 is 19.5 Å². The first-order chi connectivity index (χ1) is 17.1. The van der Waals surface area contributed by atoms with Crippen LogP contribution in [0.3, 0.4) is 0 Å². The van der Waals surface area contributed by atoms with Gasteiger partial charge in [-0.2, -0.15) is 0 Å². The van der Waals surface area contributed by atoms with E-state index in [1.165, 1.54) is 9.80 Å². The van der Waals surface area contributed by atoms with Crippen molar-refractivity contribution in [1.29, 1.82) is 0 Å². The molecule has 1 heterocycles.